The van der Waals surface area contributed by atoms with Gasteiger partial charge in [0.1, 0.15) is 5.69 Å². The molecule has 0 N–H and O–H groups in total. The molecule has 3 heterocycles. The summed E-state index contributed by atoms with van der Waals surface area (Å²) < 4.78 is 0. The topological polar surface area (TPSA) is 53.5 Å². The Bertz CT molecular complexity index is 728. The Balaban J connectivity index is 1.74. The summed E-state index contributed by atoms with van der Waals surface area (Å²) in [6, 6.07) is 7.37. The molecule has 2 aromatic heterocycles. The van der Waals surface area contributed by atoms with Gasteiger partial charge in [-0.25, -0.2) is 0 Å². The smallest absolute Gasteiger partial charge is 0.272 e. The normalized spacial score (nSPS) is 17.1. The standard InChI is InChI=1S/C18H21N3O2S/c1-20(2)13-7-8-19-15(11-13)18(23)21-9-3-5-14(21)12-16(22)17-6-4-10-24-17/h4,6-8,10-11,14H,3,5,9,12H2,1-2H3/t14-/m1/s1. The molecule has 1 fully saturated rings. The summed E-state index contributed by atoms with van der Waals surface area (Å²) in [5.41, 5.74) is 1.38. The first-order chi connectivity index (χ1) is 11.6. The minimum Gasteiger partial charge on any atom is -0.378 e. The van der Waals surface area contributed by atoms with E-state index < -0.39 is 0 Å². The zero-order valence-corrected chi connectivity index (χ0v) is 14.8. The van der Waals surface area contributed by atoms with Crippen molar-refractivity contribution >= 4 is 28.7 Å². The number of likely N-dealkylation sites (tertiary alicyclic amines) is 1. The summed E-state index contributed by atoms with van der Waals surface area (Å²) in [5.74, 6) is 0.0323. The van der Waals surface area contributed by atoms with E-state index in [2.05, 4.69) is 4.98 Å². The van der Waals surface area contributed by atoms with Gasteiger partial charge in [-0.05, 0) is 36.4 Å². The summed E-state index contributed by atoms with van der Waals surface area (Å²) in [4.78, 5) is 33.9. The molecule has 24 heavy (non-hydrogen) atoms. The number of carbonyl (C=O) groups excluding carboxylic acids is 2. The van der Waals surface area contributed by atoms with Crippen molar-refractivity contribution in [1.82, 2.24) is 9.88 Å². The van der Waals surface area contributed by atoms with E-state index in [1.165, 1.54) is 11.3 Å². The van der Waals surface area contributed by atoms with Gasteiger partial charge >= 0.3 is 0 Å². The van der Waals surface area contributed by atoms with Crippen LogP contribution in [0.5, 0.6) is 0 Å². The van der Waals surface area contributed by atoms with Crippen molar-refractivity contribution in [3.63, 3.8) is 0 Å². The highest BCUT2D eigenvalue weighted by Crippen LogP contribution is 2.25. The molecule has 0 aliphatic carbocycles. The highest BCUT2D eigenvalue weighted by Gasteiger charge is 2.32. The van der Waals surface area contributed by atoms with Crippen LogP contribution in [0.1, 0.15) is 39.4 Å². The molecule has 1 atom stereocenters. The maximum atomic E-state index is 12.8. The van der Waals surface area contributed by atoms with E-state index in [9.17, 15) is 9.59 Å². The van der Waals surface area contributed by atoms with Crippen LogP contribution in [0.25, 0.3) is 0 Å². The molecular weight excluding hydrogens is 322 g/mol. The number of ketones is 1. The third-order valence-electron chi connectivity index (χ3n) is 4.33. The molecule has 1 amide bonds. The first-order valence-corrected chi connectivity index (χ1v) is 8.95. The lowest BCUT2D eigenvalue weighted by Crippen LogP contribution is -2.37. The van der Waals surface area contributed by atoms with Crippen molar-refractivity contribution in [1.29, 1.82) is 0 Å². The fraction of sp³-hybridized carbons (Fsp3) is 0.389. The summed E-state index contributed by atoms with van der Waals surface area (Å²) in [6.07, 6.45) is 3.85. The molecule has 0 radical (unpaired) electrons. The molecule has 0 aromatic carbocycles. The molecule has 126 valence electrons. The van der Waals surface area contributed by atoms with E-state index in [0.717, 1.165) is 23.4 Å². The lowest BCUT2D eigenvalue weighted by molar-refractivity contribution is 0.0712. The summed E-state index contributed by atoms with van der Waals surface area (Å²) in [7, 11) is 3.86. The summed E-state index contributed by atoms with van der Waals surface area (Å²) >= 11 is 1.45. The third-order valence-corrected chi connectivity index (χ3v) is 5.24. The van der Waals surface area contributed by atoms with Gasteiger partial charge in [0.2, 0.25) is 0 Å². The second kappa shape index (κ2) is 7.13. The Kier molecular flexibility index (Phi) is 4.94. The van der Waals surface area contributed by atoms with Gasteiger partial charge in [0.05, 0.1) is 4.88 Å². The Hall–Kier alpha value is -2.21. The molecule has 6 heteroatoms. The fourth-order valence-electron chi connectivity index (χ4n) is 3.03. The van der Waals surface area contributed by atoms with Gasteiger partial charge in [-0.1, -0.05) is 6.07 Å². The molecule has 5 nitrogen and oxygen atoms in total. The largest absolute Gasteiger partial charge is 0.378 e. The maximum Gasteiger partial charge on any atom is 0.272 e. The predicted octanol–water partition coefficient (Wildman–Crippen LogP) is 3.09. The van der Waals surface area contributed by atoms with Crippen LogP contribution in [0.4, 0.5) is 5.69 Å². The third kappa shape index (κ3) is 3.48. The Morgan fingerprint density at radius 3 is 2.92 bits per heavy atom. The SMILES string of the molecule is CN(C)c1ccnc(C(=O)N2CCC[C@@H]2CC(=O)c2cccs2)c1. The number of hydrogen-bond acceptors (Lipinski definition) is 5. The average Bonchev–Trinajstić information content (AvgIpc) is 3.26. The van der Waals surface area contributed by atoms with E-state index in [1.807, 2.05) is 47.5 Å². The van der Waals surface area contributed by atoms with Crippen LogP contribution in [0, 0.1) is 0 Å². The van der Waals surface area contributed by atoms with Crippen molar-refractivity contribution < 1.29 is 9.59 Å². The van der Waals surface area contributed by atoms with Crippen molar-refractivity contribution in [3.05, 3.63) is 46.4 Å². The predicted molar refractivity (Wildman–Crippen MR) is 95.9 cm³/mol. The molecule has 0 spiro atoms. The number of nitrogens with zero attached hydrogens (tertiary/aromatic N) is 3. The molecule has 1 saturated heterocycles. The molecule has 0 saturated carbocycles. The second-order valence-corrected chi connectivity index (χ2v) is 7.14. The van der Waals surface area contributed by atoms with Crippen molar-refractivity contribution in [2.24, 2.45) is 0 Å². The van der Waals surface area contributed by atoms with E-state index in [0.29, 0.717) is 18.7 Å². The monoisotopic (exact) mass is 343 g/mol. The summed E-state index contributed by atoms with van der Waals surface area (Å²) in [6.45, 7) is 0.690. The summed E-state index contributed by atoms with van der Waals surface area (Å²) in [5, 5.41) is 1.90. The Morgan fingerprint density at radius 2 is 2.21 bits per heavy atom. The highest BCUT2D eigenvalue weighted by molar-refractivity contribution is 7.12. The minimum absolute atomic E-state index is 0.0306. The quantitative estimate of drug-likeness (QED) is 0.783. The number of Topliss-reactive ketones (excluding diaryl/α,β-unsaturated/α-hetero) is 1. The lowest BCUT2D eigenvalue weighted by atomic mass is 10.1. The van der Waals surface area contributed by atoms with Gasteiger partial charge in [-0.2, -0.15) is 0 Å². The number of carbonyl (C=O) groups is 2. The highest BCUT2D eigenvalue weighted by atomic mass is 32.1. The van der Waals surface area contributed by atoms with Gasteiger partial charge in [0, 0.05) is 45.0 Å². The molecule has 0 bridgehead atoms. The molecule has 2 aromatic rings. The number of aromatic nitrogens is 1. The van der Waals surface area contributed by atoms with E-state index >= 15 is 0 Å². The van der Waals surface area contributed by atoms with Crippen LogP contribution in [0.3, 0.4) is 0 Å². The molecule has 0 unspecified atom stereocenters. The van der Waals surface area contributed by atoms with Crippen molar-refractivity contribution in [2.45, 2.75) is 25.3 Å². The molecule has 1 aliphatic heterocycles. The van der Waals surface area contributed by atoms with E-state index in [4.69, 9.17) is 0 Å². The van der Waals surface area contributed by atoms with Crippen LogP contribution >= 0.6 is 11.3 Å². The van der Waals surface area contributed by atoms with Crippen LogP contribution < -0.4 is 4.90 Å². The zero-order chi connectivity index (χ0) is 17.1. The Labute approximate surface area is 145 Å². The van der Waals surface area contributed by atoms with Gasteiger partial charge in [-0.3, -0.25) is 14.6 Å². The van der Waals surface area contributed by atoms with Crippen molar-refractivity contribution in [3.8, 4) is 0 Å². The first-order valence-electron chi connectivity index (χ1n) is 8.07. The maximum absolute atomic E-state index is 12.8. The first kappa shape index (κ1) is 16.6. The van der Waals surface area contributed by atoms with Crippen LogP contribution in [-0.4, -0.2) is 48.3 Å². The van der Waals surface area contributed by atoms with Crippen LogP contribution in [0.15, 0.2) is 35.8 Å². The fourth-order valence-corrected chi connectivity index (χ4v) is 3.70. The number of anilines is 1. The zero-order valence-electron chi connectivity index (χ0n) is 13.9. The molecular formula is C18H21N3O2S. The van der Waals surface area contributed by atoms with Gasteiger partial charge in [0.15, 0.2) is 5.78 Å². The van der Waals surface area contributed by atoms with Crippen molar-refractivity contribution in [2.75, 3.05) is 25.5 Å². The van der Waals surface area contributed by atoms with Gasteiger partial charge in [-0.15, -0.1) is 11.3 Å². The molecule has 3 rings (SSSR count). The van der Waals surface area contributed by atoms with Crippen LogP contribution in [-0.2, 0) is 0 Å². The minimum atomic E-state index is -0.0832. The van der Waals surface area contributed by atoms with Gasteiger partial charge in [0.25, 0.3) is 5.91 Å². The number of rotatable bonds is 5. The lowest BCUT2D eigenvalue weighted by Gasteiger charge is -2.24. The average molecular weight is 343 g/mol. The van der Waals surface area contributed by atoms with E-state index in [1.54, 1.807) is 12.3 Å². The number of hydrogen-bond donors (Lipinski definition) is 0. The number of pyridine rings is 1. The second-order valence-electron chi connectivity index (χ2n) is 6.19. The van der Waals surface area contributed by atoms with Crippen LogP contribution in [0.2, 0.25) is 0 Å². The Morgan fingerprint density at radius 1 is 1.38 bits per heavy atom. The number of amides is 1. The van der Waals surface area contributed by atoms with E-state index in [-0.39, 0.29) is 17.7 Å². The number of thiophene rings is 1. The van der Waals surface area contributed by atoms with Gasteiger partial charge < -0.3 is 9.80 Å². The molecule has 1 aliphatic rings.